The average molecular weight is 584 g/mol. The quantitative estimate of drug-likeness (QED) is 0.259. The molecule has 0 radical (unpaired) electrons. The van der Waals surface area contributed by atoms with Crippen molar-refractivity contribution in [3.8, 4) is 23.3 Å². The van der Waals surface area contributed by atoms with Crippen molar-refractivity contribution in [2.75, 3.05) is 25.7 Å². The highest BCUT2D eigenvalue weighted by Gasteiger charge is 2.29. The maximum absolute atomic E-state index is 13.1. The second-order valence-corrected chi connectivity index (χ2v) is 12.3. The number of aromatic nitrogens is 3. The van der Waals surface area contributed by atoms with Gasteiger partial charge >= 0.3 is 5.97 Å². The Hall–Kier alpha value is -5.04. The second-order valence-electron chi connectivity index (χ2n) is 12.3. The zero-order valence-electron chi connectivity index (χ0n) is 25.5. The number of carboxylic acids is 1. The molecule has 0 bridgehead atoms. The summed E-state index contributed by atoms with van der Waals surface area (Å²) >= 11 is 0. The van der Waals surface area contributed by atoms with Gasteiger partial charge in [0.15, 0.2) is 11.5 Å². The lowest BCUT2D eigenvalue weighted by atomic mass is 9.81. The number of hydrogen-bond donors (Lipinski definition) is 3. The van der Waals surface area contributed by atoms with Gasteiger partial charge in [-0.3, -0.25) is 4.79 Å². The maximum atomic E-state index is 13.1. The molecule has 4 aromatic rings. The van der Waals surface area contributed by atoms with Gasteiger partial charge in [-0.1, -0.05) is 32.6 Å². The molecule has 0 unspecified atom stereocenters. The number of ether oxygens (including phenoxy) is 2. The second kappa shape index (κ2) is 11.7. The van der Waals surface area contributed by atoms with Crippen LogP contribution in [0.3, 0.4) is 0 Å². The van der Waals surface area contributed by atoms with Crippen LogP contribution in [0.5, 0.6) is 11.5 Å². The third-order valence-electron chi connectivity index (χ3n) is 7.04. The van der Waals surface area contributed by atoms with Gasteiger partial charge < -0.3 is 30.6 Å². The fraction of sp³-hybridized carbons (Fsp3) is 0.333. The molecule has 5 N–H and O–H groups in total. The molecule has 0 aliphatic carbocycles. The molecule has 43 heavy (non-hydrogen) atoms. The lowest BCUT2D eigenvalue weighted by Gasteiger charge is -2.36. The first-order valence-corrected chi connectivity index (χ1v) is 13.7. The van der Waals surface area contributed by atoms with Crippen molar-refractivity contribution in [1.82, 2.24) is 14.5 Å². The number of nitrogens with zero attached hydrogens (tertiary/aromatic N) is 3. The molecule has 2 aromatic heterocycles. The van der Waals surface area contributed by atoms with Gasteiger partial charge in [0, 0.05) is 40.9 Å². The molecule has 0 amide bonds. The largest absolute Gasteiger partial charge is 0.493 e. The van der Waals surface area contributed by atoms with Gasteiger partial charge in [-0.05, 0) is 61.6 Å². The smallest absolute Gasteiger partial charge is 0.341 e. The van der Waals surface area contributed by atoms with Crippen LogP contribution in [0, 0.1) is 17.3 Å². The van der Waals surface area contributed by atoms with Crippen molar-refractivity contribution in [3.63, 3.8) is 0 Å². The van der Waals surface area contributed by atoms with Gasteiger partial charge in [-0.2, -0.15) is 4.98 Å². The van der Waals surface area contributed by atoms with Crippen LogP contribution < -0.4 is 26.4 Å². The van der Waals surface area contributed by atoms with Crippen molar-refractivity contribution in [2.45, 2.75) is 53.0 Å². The summed E-state index contributed by atoms with van der Waals surface area (Å²) in [5.41, 5.74) is 13.7. The zero-order chi connectivity index (χ0) is 31.7. The van der Waals surface area contributed by atoms with Crippen molar-refractivity contribution in [3.05, 3.63) is 80.8 Å². The van der Waals surface area contributed by atoms with Crippen LogP contribution >= 0.6 is 0 Å². The van der Waals surface area contributed by atoms with Gasteiger partial charge in [0.2, 0.25) is 11.4 Å². The summed E-state index contributed by atoms with van der Waals surface area (Å²) in [6.45, 7) is 10.4. The highest BCUT2D eigenvalue weighted by atomic mass is 16.5. The van der Waals surface area contributed by atoms with Crippen LogP contribution in [0.15, 0.2) is 47.5 Å². The Morgan fingerprint density at radius 1 is 1.05 bits per heavy atom. The first-order valence-electron chi connectivity index (χ1n) is 13.7. The molecule has 224 valence electrons. The number of nitrogen functional groups attached to an aromatic ring is 2. The third kappa shape index (κ3) is 6.72. The summed E-state index contributed by atoms with van der Waals surface area (Å²) in [5.74, 6) is 6.47. The van der Waals surface area contributed by atoms with Gasteiger partial charge in [-0.25, -0.2) is 9.78 Å². The van der Waals surface area contributed by atoms with Crippen LogP contribution in [-0.2, 0) is 12.0 Å². The van der Waals surface area contributed by atoms with E-state index in [4.69, 9.17) is 20.9 Å². The Balaban J connectivity index is 1.86. The van der Waals surface area contributed by atoms with Crippen LogP contribution in [0.1, 0.15) is 73.7 Å². The van der Waals surface area contributed by atoms with Crippen LogP contribution in [0.25, 0.3) is 10.9 Å². The SMILES string of the molecule is COc1cc(Cc2cnc(N)nc2N)cc(C#Cc2ccc3c(=O)c(C(=O)O)cn(C(C)(C)CC(C)(C)C)c3c2)c1OC. The van der Waals surface area contributed by atoms with E-state index in [9.17, 15) is 14.7 Å². The van der Waals surface area contributed by atoms with Gasteiger partial charge in [0.25, 0.3) is 0 Å². The molecule has 10 heteroatoms. The van der Waals surface area contributed by atoms with Crippen LogP contribution in [0.4, 0.5) is 11.8 Å². The summed E-state index contributed by atoms with van der Waals surface area (Å²) in [5, 5.41) is 10.1. The van der Waals surface area contributed by atoms with E-state index in [1.165, 1.54) is 6.20 Å². The number of aromatic carboxylic acids is 1. The van der Waals surface area contributed by atoms with Crippen molar-refractivity contribution in [2.24, 2.45) is 5.41 Å². The first-order chi connectivity index (χ1) is 20.1. The number of nitrogens with two attached hydrogens (primary N) is 2. The van der Waals surface area contributed by atoms with Gasteiger partial charge in [0.1, 0.15) is 11.4 Å². The van der Waals surface area contributed by atoms with E-state index in [1.54, 1.807) is 32.5 Å². The Bertz CT molecular complexity index is 1840. The third-order valence-corrected chi connectivity index (χ3v) is 7.04. The van der Waals surface area contributed by atoms with Gasteiger partial charge in [0.05, 0.1) is 25.3 Å². The number of anilines is 2. The normalized spacial score (nSPS) is 11.6. The predicted octanol–water partition coefficient (Wildman–Crippen LogP) is 4.83. The standard InChI is InChI=1S/C33H37N5O5/c1-32(2,3)18-33(4,5)38-17-24(30(40)41)27(39)23-11-9-19(14-25(23)38)8-10-21-12-20(15-26(42-6)28(21)43-7)13-22-16-36-31(35)37-29(22)34/h9,11-12,14-17H,13,18H2,1-7H3,(H,40,41)(H4,34,35,36,37). The van der Waals surface area contributed by atoms with E-state index in [1.807, 2.05) is 36.6 Å². The lowest BCUT2D eigenvalue weighted by molar-refractivity contribution is 0.0694. The van der Waals surface area contributed by atoms with E-state index in [2.05, 4.69) is 42.6 Å². The van der Waals surface area contributed by atoms with Crippen LogP contribution in [0.2, 0.25) is 0 Å². The fourth-order valence-electron chi connectivity index (χ4n) is 5.59. The number of hydrogen-bond acceptors (Lipinski definition) is 8. The average Bonchev–Trinajstić information content (AvgIpc) is 2.91. The predicted molar refractivity (Wildman–Crippen MR) is 168 cm³/mol. The first kappa shape index (κ1) is 30.9. The molecule has 0 aliphatic heterocycles. The number of carbonyl (C=O) groups is 1. The molecular weight excluding hydrogens is 546 g/mol. The minimum Gasteiger partial charge on any atom is -0.493 e. The summed E-state index contributed by atoms with van der Waals surface area (Å²) in [7, 11) is 3.09. The van der Waals surface area contributed by atoms with Crippen LogP contribution in [-0.4, -0.2) is 39.8 Å². The topological polar surface area (TPSA) is 156 Å². The monoisotopic (exact) mass is 583 g/mol. The summed E-state index contributed by atoms with van der Waals surface area (Å²) in [6.07, 6.45) is 4.18. The number of carboxylic acid groups (broad SMARTS) is 1. The highest BCUT2D eigenvalue weighted by molar-refractivity contribution is 5.93. The van der Waals surface area contributed by atoms with E-state index in [0.29, 0.717) is 45.5 Å². The number of methoxy groups -OCH3 is 2. The minimum absolute atomic E-state index is 0.0520. The molecule has 0 atom stereocenters. The van der Waals surface area contributed by atoms with E-state index < -0.39 is 16.9 Å². The van der Waals surface area contributed by atoms with E-state index >= 15 is 0 Å². The molecule has 2 heterocycles. The molecule has 10 nitrogen and oxygen atoms in total. The Morgan fingerprint density at radius 2 is 1.77 bits per heavy atom. The molecular formula is C33H37N5O5. The Kier molecular flexibility index (Phi) is 8.40. The molecule has 0 aliphatic rings. The molecule has 0 fully saturated rings. The highest BCUT2D eigenvalue weighted by Crippen LogP contribution is 2.35. The van der Waals surface area contributed by atoms with Crippen molar-refractivity contribution >= 4 is 28.6 Å². The number of benzene rings is 2. The van der Waals surface area contributed by atoms with Crippen molar-refractivity contribution < 1.29 is 19.4 Å². The fourth-order valence-corrected chi connectivity index (χ4v) is 5.59. The molecule has 4 rings (SSSR count). The Labute approximate surface area is 250 Å². The van der Waals surface area contributed by atoms with Gasteiger partial charge in [-0.15, -0.1) is 0 Å². The maximum Gasteiger partial charge on any atom is 0.341 e. The molecule has 0 saturated heterocycles. The number of pyridine rings is 1. The minimum atomic E-state index is -1.26. The molecule has 0 spiro atoms. The zero-order valence-corrected chi connectivity index (χ0v) is 25.5. The molecule has 0 saturated carbocycles. The summed E-state index contributed by atoms with van der Waals surface area (Å²) < 4.78 is 13.1. The Morgan fingerprint density at radius 3 is 2.37 bits per heavy atom. The molecule has 2 aromatic carbocycles. The van der Waals surface area contributed by atoms with Crippen molar-refractivity contribution in [1.29, 1.82) is 0 Å². The summed E-state index contributed by atoms with van der Waals surface area (Å²) in [6, 6.07) is 8.89. The summed E-state index contributed by atoms with van der Waals surface area (Å²) in [4.78, 5) is 33.2. The number of rotatable bonds is 7. The lowest BCUT2D eigenvalue weighted by Crippen LogP contribution is -2.34. The van der Waals surface area contributed by atoms with E-state index in [-0.39, 0.29) is 22.7 Å². The number of fused-ring (bicyclic) bond motifs is 1. The van der Waals surface area contributed by atoms with E-state index in [0.717, 1.165) is 12.0 Å².